The van der Waals surface area contributed by atoms with Crippen LogP contribution in [-0.4, -0.2) is 5.92 Å². The van der Waals surface area contributed by atoms with Gasteiger partial charge in [-0.05, 0) is 79.7 Å². The fraction of sp³-hybridized carbons (Fsp3) is 0.778. The Morgan fingerprint density at radius 1 is 0.724 bits per heavy atom. The Labute approximate surface area is 176 Å². The highest BCUT2D eigenvalue weighted by molar-refractivity contribution is 5.35. The molecule has 1 aromatic rings. The molecule has 2 heteroatoms. The summed E-state index contributed by atoms with van der Waals surface area (Å²) in [5, 5.41) is 0. The second-order valence-electron chi connectivity index (χ2n) is 10.4. The minimum absolute atomic E-state index is 0.429. The third-order valence-corrected chi connectivity index (χ3v) is 8.60. The van der Waals surface area contributed by atoms with Gasteiger partial charge in [0.15, 0.2) is 0 Å². The van der Waals surface area contributed by atoms with Crippen molar-refractivity contribution in [1.29, 1.82) is 0 Å². The van der Waals surface area contributed by atoms with Gasteiger partial charge in [-0.15, -0.1) is 0 Å². The molecule has 0 radical (unpaired) electrons. The molecule has 3 aliphatic rings. The van der Waals surface area contributed by atoms with Crippen molar-refractivity contribution in [2.75, 3.05) is 0 Å². The summed E-state index contributed by atoms with van der Waals surface area (Å²) in [5.41, 5.74) is 2.24. The van der Waals surface area contributed by atoms with Gasteiger partial charge >= 0.3 is 0 Å². The van der Waals surface area contributed by atoms with Crippen molar-refractivity contribution in [3.63, 3.8) is 0 Å². The van der Waals surface area contributed by atoms with Crippen molar-refractivity contribution < 1.29 is 8.78 Å². The van der Waals surface area contributed by atoms with Crippen molar-refractivity contribution in [3.8, 4) is 0 Å². The summed E-state index contributed by atoms with van der Waals surface area (Å²) >= 11 is 0. The summed E-state index contributed by atoms with van der Waals surface area (Å²) < 4.78 is 28.2. The zero-order chi connectivity index (χ0) is 20.4. The van der Waals surface area contributed by atoms with Crippen LogP contribution in [0.2, 0.25) is 0 Å². The van der Waals surface area contributed by atoms with E-state index >= 15 is 0 Å². The van der Waals surface area contributed by atoms with Crippen molar-refractivity contribution in [2.45, 2.75) is 109 Å². The number of halogens is 2. The second-order valence-corrected chi connectivity index (χ2v) is 10.4. The number of hydrogen-bond donors (Lipinski definition) is 0. The summed E-state index contributed by atoms with van der Waals surface area (Å²) in [6.07, 6.45) is 15.4. The van der Waals surface area contributed by atoms with Crippen LogP contribution in [0.3, 0.4) is 0 Å². The van der Waals surface area contributed by atoms with E-state index in [4.69, 9.17) is 0 Å². The van der Waals surface area contributed by atoms with E-state index in [0.29, 0.717) is 12.3 Å². The fourth-order valence-corrected chi connectivity index (χ4v) is 6.77. The molecule has 0 nitrogen and oxygen atoms in total. The Bertz CT molecular complexity index is 633. The monoisotopic (exact) mass is 402 g/mol. The highest BCUT2D eigenvalue weighted by atomic mass is 19.3. The summed E-state index contributed by atoms with van der Waals surface area (Å²) in [5.74, 6) is 0.110. The summed E-state index contributed by atoms with van der Waals surface area (Å²) in [7, 11) is 0. The lowest BCUT2D eigenvalue weighted by Crippen LogP contribution is -2.25. The van der Waals surface area contributed by atoms with Gasteiger partial charge in [0.2, 0.25) is 0 Å². The van der Waals surface area contributed by atoms with Crippen LogP contribution >= 0.6 is 0 Å². The molecule has 162 valence electrons. The van der Waals surface area contributed by atoms with Crippen LogP contribution in [0.4, 0.5) is 8.78 Å². The van der Waals surface area contributed by atoms with E-state index in [2.05, 4.69) is 19.1 Å². The highest BCUT2D eigenvalue weighted by Gasteiger charge is 2.67. The summed E-state index contributed by atoms with van der Waals surface area (Å²) in [6.45, 7) is 4.32. The van der Waals surface area contributed by atoms with Gasteiger partial charge in [-0.2, -0.15) is 0 Å². The molecule has 3 aliphatic carbocycles. The van der Waals surface area contributed by atoms with Crippen LogP contribution in [0.5, 0.6) is 0 Å². The number of benzene rings is 1. The molecule has 0 spiro atoms. The molecule has 0 saturated heterocycles. The molecule has 4 rings (SSSR count). The molecule has 0 N–H and O–H groups in total. The molecule has 0 bridgehead atoms. The van der Waals surface area contributed by atoms with E-state index in [1.165, 1.54) is 69.8 Å². The van der Waals surface area contributed by atoms with Gasteiger partial charge in [-0.1, -0.05) is 70.2 Å². The molecular formula is C27H40F2. The molecular weight excluding hydrogens is 362 g/mol. The van der Waals surface area contributed by atoms with Crippen LogP contribution < -0.4 is 0 Å². The Morgan fingerprint density at radius 3 is 1.79 bits per heavy atom. The van der Waals surface area contributed by atoms with E-state index in [0.717, 1.165) is 29.7 Å². The normalized spacial score (nSPS) is 36.7. The Morgan fingerprint density at radius 2 is 1.24 bits per heavy atom. The van der Waals surface area contributed by atoms with Crippen LogP contribution in [0.15, 0.2) is 24.3 Å². The largest absolute Gasteiger partial charge is 0.258 e. The van der Waals surface area contributed by atoms with Crippen LogP contribution in [0.25, 0.3) is 0 Å². The molecule has 3 saturated carbocycles. The topological polar surface area (TPSA) is 0 Å². The first-order valence-corrected chi connectivity index (χ1v) is 12.5. The van der Waals surface area contributed by atoms with Gasteiger partial charge in [0.1, 0.15) is 0 Å². The van der Waals surface area contributed by atoms with Crippen LogP contribution in [0.1, 0.15) is 114 Å². The predicted octanol–water partition coefficient (Wildman–Crippen LogP) is 8.72. The Hall–Kier alpha value is -0.920. The number of alkyl halides is 2. The molecule has 2 unspecified atom stereocenters. The van der Waals surface area contributed by atoms with Crippen LogP contribution in [0, 0.1) is 23.7 Å². The second kappa shape index (κ2) is 9.06. The van der Waals surface area contributed by atoms with Crippen molar-refractivity contribution >= 4 is 0 Å². The Kier molecular flexibility index (Phi) is 6.66. The van der Waals surface area contributed by atoms with E-state index in [9.17, 15) is 8.78 Å². The first-order valence-electron chi connectivity index (χ1n) is 12.5. The summed E-state index contributed by atoms with van der Waals surface area (Å²) in [4.78, 5) is 0. The lowest BCUT2D eigenvalue weighted by Gasteiger charge is -2.38. The SMILES string of the molecule is CCCC1C(c2ccc(C3CCC([C@H]4CC[C@H](CCC)CC4)CC3)cc2)C1(F)F. The average Bonchev–Trinajstić information content (AvgIpc) is 3.29. The van der Waals surface area contributed by atoms with E-state index in [1.807, 2.05) is 19.1 Å². The van der Waals surface area contributed by atoms with Crippen molar-refractivity contribution in [2.24, 2.45) is 23.7 Å². The quantitative estimate of drug-likeness (QED) is 0.428. The van der Waals surface area contributed by atoms with E-state index in [1.54, 1.807) is 0 Å². The number of rotatable bonds is 7. The van der Waals surface area contributed by atoms with Crippen molar-refractivity contribution in [3.05, 3.63) is 35.4 Å². The third-order valence-electron chi connectivity index (χ3n) is 8.60. The molecule has 1 aromatic carbocycles. The zero-order valence-electron chi connectivity index (χ0n) is 18.5. The minimum Gasteiger partial charge on any atom is -0.206 e. The lowest BCUT2D eigenvalue weighted by molar-refractivity contribution is 0.0915. The predicted molar refractivity (Wildman–Crippen MR) is 118 cm³/mol. The standard InChI is InChI=1S/C27H40F2/c1-3-5-19-7-9-20(10-8-19)21-11-13-22(14-12-21)23-15-17-24(18-16-23)26-25(6-4-2)27(26,28)29/h15-22,25-26H,3-14H2,1-2H3/t19-,20-,21?,22?,25?,26?. The zero-order valence-corrected chi connectivity index (χ0v) is 18.5. The first kappa shape index (κ1) is 21.3. The maximum Gasteiger partial charge on any atom is 0.258 e. The maximum absolute atomic E-state index is 14.1. The van der Waals surface area contributed by atoms with Gasteiger partial charge in [-0.3, -0.25) is 0 Å². The van der Waals surface area contributed by atoms with Gasteiger partial charge in [0.25, 0.3) is 5.92 Å². The minimum atomic E-state index is -2.48. The van der Waals surface area contributed by atoms with E-state index < -0.39 is 17.8 Å². The lowest BCUT2D eigenvalue weighted by atomic mass is 9.68. The molecule has 29 heavy (non-hydrogen) atoms. The molecule has 0 amide bonds. The van der Waals surface area contributed by atoms with Crippen molar-refractivity contribution in [1.82, 2.24) is 0 Å². The van der Waals surface area contributed by atoms with Gasteiger partial charge in [0, 0.05) is 5.92 Å². The number of hydrogen-bond acceptors (Lipinski definition) is 0. The van der Waals surface area contributed by atoms with Gasteiger partial charge < -0.3 is 0 Å². The highest BCUT2D eigenvalue weighted by Crippen LogP contribution is 2.63. The molecule has 0 heterocycles. The fourth-order valence-electron chi connectivity index (χ4n) is 6.77. The van der Waals surface area contributed by atoms with Gasteiger partial charge in [0.05, 0.1) is 5.92 Å². The average molecular weight is 403 g/mol. The Balaban J connectivity index is 1.27. The molecule has 3 fully saturated rings. The molecule has 0 aliphatic heterocycles. The van der Waals surface area contributed by atoms with E-state index in [-0.39, 0.29) is 0 Å². The first-order chi connectivity index (χ1) is 14.0. The van der Waals surface area contributed by atoms with Crippen LogP contribution in [-0.2, 0) is 0 Å². The molecule has 0 aromatic heterocycles. The molecule has 2 atom stereocenters. The summed E-state index contributed by atoms with van der Waals surface area (Å²) in [6, 6.07) is 8.33. The van der Waals surface area contributed by atoms with Gasteiger partial charge in [-0.25, -0.2) is 8.78 Å². The smallest absolute Gasteiger partial charge is 0.206 e. The maximum atomic E-state index is 14.1. The third kappa shape index (κ3) is 4.57.